The highest BCUT2D eigenvalue weighted by Gasteiger charge is 2.34. The second-order valence-electron chi connectivity index (χ2n) is 3.37. The van der Waals surface area contributed by atoms with Gasteiger partial charge in [-0.2, -0.15) is 18.3 Å². The van der Waals surface area contributed by atoms with Crippen LogP contribution in [0.1, 0.15) is 25.0 Å². The lowest BCUT2D eigenvalue weighted by atomic mass is 10.1. The summed E-state index contributed by atoms with van der Waals surface area (Å²) in [6.07, 6.45) is -3.34. The SMILES string of the molecule is CC.Cc1cnnc2c(C(F)(F)F)cc(F)cc12. The predicted octanol–water partition coefficient (Wildman–Crippen LogP) is 4.12. The average Bonchev–Trinajstić information content (AvgIpc) is 2.31. The summed E-state index contributed by atoms with van der Waals surface area (Å²) in [5.74, 6) is -0.934. The minimum atomic E-state index is -4.64. The average molecular weight is 260 g/mol. The summed E-state index contributed by atoms with van der Waals surface area (Å²) in [5.41, 5.74) is -0.970. The van der Waals surface area contributed by atoms with Crippen LogP contribution >= 0.6 is 0 Å². The molecule has 0 aliphatic rings. The molecule has 2 rings (SSSR count). The number of hydrogen-bond acceptors (Lipinski definition) is 2. The van der Waals surface area contributed by atoms with Crippen LogP contribution in [0.3, 0.4) is 0 Å². The highest BCUT2D eigenvalue weighted by molar-refractivity contribution is 5.84. The van der Waals surface area contributed by atoms with E-state index >= 15 is 0 Å². The van der Waals surface area contributed by atoms with Crippen molar-refractivity contribution < 1.29 is 17.6 Å². The molecule has 2 aromatic rings. The van der Waals surface area contributed by atoms with Gasteiger partial charge in [-0.1, -0.05) is 13.8 Å². The Morgan fingerprint density at radius 3 is 2.28 bits per heavy atom. The molecule has 0 fully saturated rings. The van der Waals surface area contributed by atoms with Crippen molar-refractivity contribution in [2.24, 2.45) is 0 Å². The van der Waals surface area contributed by atoms with E-state index in [4.69, 9.17) is 0 Å². The van der Waals surface area contributed by atoms with Gasteiger partial charge in [-0.05, 0) is 24.6 Å². The number of alkyl halides is 3. The summed E-state index contributed by atoms with van der Waals surface area (Å²) in [6, 6.07) is 1.45. The van der Waals surface area contributed by atoms with E-state index in [2.05, 4.69) is 10.2 Å². The minimum absolute atomic E-state index is 0.127. The van der Waals surface area contributed by atoms with Crippen molar-refractivity contribution in [2.45, 2.75) is 26.9 Å². The zero-order valence-corrected chi connectivity index (χ0v) is 10.1. The summed E-state index contributed by atoms with van der Waals surface area (Å²) in [4.78, 5) is 0. The van der Waals surface area contributed by atoms with Crippen LogP contribution in [-0.2, 0) is 6.18 Å². The Hall–Kier alpha value is -1.72. The molecule has 0 atom stereocenters. The van der Waals surface area contributed by atoms with Crippen LogP contribution in [0.25, 0.3) is 10.9 Å². The number of fused-ring (bicyclic) bond motifs is 1. The number of rotatable bonds is 0. The molecule has 18 heavy (non-hydrogen) atoms. The fourth-order valence-electron chi connectivity index (χ4n) is 1.47. The van der Waals surface area contributed by atoms with E-state index in [1.54, 1.807) is 6.92 Å². The first-order valence-corrected chi connectivity index (χ1v) is 5.38. The molecule has 0 saturated heterocycles. The smallest absolute Gasteiger partial charge is 0.207 e. The van der Waals surface area contributed by atoms with E-state index in [0.717, 1.165) is 6.07 Å². The second kappa shape index (κ2) is 5.29. The third-order valence-corrected chi connectivity index (χ3v) is 2.21. The molecular formula is C12H12F4N2. The topological polar surface area (TPSA) is 25.8 Å². The number of benzene rings is 1. The van der Waals surface area contributed by atoms with E-state index in [0.29, 0.717) is 11.6 Å². The van der Waals surface area contributed by atoms with Gasteiger partial charge in [0.05, 0.1) is 11.8 Å². The maximum absolute atomic E-state index is 13.1. The van der Waals surface area contributed by atoms with Crippen LogP contribution < -0.4 is 0 Å². The molecule has 6 heteroatoms. The summed E-state index contributed by atoms with van der Waals surface area (Å²) in [5, 5.41) is 6.98. The van der Waals surface area contributed by atoms with E-state index in [-0.39, 0.29) is 10.9 Å². The van der Waals surface area contributed by atoms with Crippen molar-refractivity contribution >= 4 is 10.9 Å². The van der Waals surface area contributed by atoms with Crippen LogP contribution in [0.5, 0.6) is 0 Å². The molecule has 0 aliphatic heterocycles. The Balaban J connectivity index is 0.000000771. The number of halogens is 4. The number of aromatic nitrogens is 2. The lowest BCUT2D eigenvalue weighted by Gasteiger charge is -2.10. The van der Waals surface area contributed by atoms with Crippen LogP contribution in [0.15, 0.2) is 18.3 Å². The quantitative estimate of drug-likeness (QED) is 0.666. The van der Waals surface area contributed by atoms with Gasteiger partial charge < -0.3 is 0 Å². The third-order valence-electron chi connectivity index (χ3n) is 2.21. The summed E-state index contributed by atoms with van der Waals surface area (Å²) < 4.78 is 50.8. The third kappa shape index (κ3) is 2.75. The van der Waals surface area contributed by atoms with Gasteiger partial charge in [0.15, 0.2) is 0 Å². The fraction of sp³-hybridized carbons (Fsp3) is 0.333. The molecule has 1 heterocycles. The molecule has 1 aromatic carbocycles. The fourth-order valence-corrected chi connectivity index (χ4v) is 1.47. The highest BCUT2D eigenvalue weighted by Crippen LogP contribution is 2.34. The number of hydrogen-bond donors (Lipinski definition) is 0. The Morgan fingerprint density at radius 1 is 1.11 bits per heavy atom. The van der Waals surface area contributed by atoms with Crippen molar-refractivity contribution in [3.63, 3.8) is 0 Å². The van der Waals surface area contributed by atoms with Crippen LogP contribution in [-0.4, -0.2) is 10.2 Å². The molecule has 98 valence electrons. The van der Waals surface area contributed by atoms with Gasteiger partial charge in [-0.25, -0.2) is 4.39 Å². The van der Waals surface area contributed by atoms with Crippen molar-refractivity contribution in [2.75, 3.05) is 0 Å². The van der Waals surface area contributed by atoms with Gasteiger partial charge >= 0.3 is 6.18 Å². The zero-order chi connectivity index (χ0) is 13.9. The molecule has 1 aromatic heterocycles. The molecule has 0 unspecified atom stereocenters. The molecule has 0 amide bonds. The maximum Gasteiger partial charge on any atom is 0.418 e. The van der Waals surface area contributed by atoms with E-state index in [1.165, 1.54) is 6.20 Å². The molecule has 0 saturated carbocycles. The Morgan fingerprint density at radius 2 is 1.72 bits per heavy atom. The van der Waals surface area contributed by atoms with Crippen molar-refractivity contribution in [3.05, 3.63) is 35.3 Å². The first kappa shape index (κ1) is 14.3. The van der Waals surface area contributed by atoms with Gasteiger partial charge in [0.25, 0.3) is 0 Å². The lowest BCUT2D eigenvalue weighted by Crippen LogP contribution is -2.08. The van der Waals surface area contributed by atoms with Crippen LogP contribution in [0, 0.1) is 12.7 Å². The normalized spacial score (nSPS) is 11.1. The standard InChI is InChI=1S/C10H6F4N2.C2H6/c1-5-4-15-16-9-7(5)2-6(11)3-8(9)10(12,13)14;1-2/h2-4H,1H3;1-2H3. The predicted molar refractivity (Wildman–Crippen MR) is 60.6 cm³/mol. The first-order valence-electron chi connectivity index (χ1n) is 5.38. The lowest BCUT2D eigenvalue weighted by molar-refractivity contribution is -0.136. The molecule has 0 N–H and O–H groups in total. The molecule has 0 aliphatic carbocycles. The minimum Gasteiger partial charge on any atom is -0.207 e. The Bertz CT molecular complexity index is 550. The summed E-state index contributed by atoms with van der Waals surface area (Å²) >= 11 is 0. The Labute approximate surface area is 102 Å². The number of nitrogens with zero attached hydrogens (tertiary/aromatic N) is 2. The molecule has 0 radical (unpaired) electrons. The number of aryl methyl sites for hydroxylation is 1. The Kier molecular flexibility index (Phi) is 4.21. The molecule has 0 bridgehead atoms. The highest BCUT2D eigenvalue weighted by atomic mass is 19.4. The first-order chi connectivity index (χ1) is 8.39. The molecule has 0 spiro atoms. The summed E-state index contributed by atoms with van der Waals surface area (Å²) in [7, 11) is 0. The summed E-state index contributed by atoms with van der Waals surface area (Å²) in [6.45, 7) is 5.55. The van der Waals surface area contributed by atoms with Crippen molar-refractivity contribution in [1.29, 1.82) is 0 Å². The largest absolute Gasteiger partial charge is 0.418 e. The van der Waals surface area contributed by atoms with E-state index in [1.807, 2.05) is 13.8 Å². The zero-order valence-electron chi connectivity index (χ0n) is 10.1. The monoisotopic (exact) mass is 260 g/mol. The molecule has 2 nitrogen and oxygen atoms in total. The van der Waals surface area contributed by atoms with Crippen LogP contribution in [0.2, 0.25) is 0 Å². The van der Waals surface area contributed by atoms with Gasteiger partial charge in [0.1, 0.15) is 11.3 Å². The van der Waals surface area contributed by atoms with E-state index < -0.39 is 17.6 Å². The maximum atomic E-state index is 13.1. The molecular weight excluding hydrogens is 248 g/mol. The van der Waals surface area contributed by atoms with Gasteiger partial charge in [0.2, 0.25) is 0 Å². The van der Waals surface area contributed by atoms with Gasteiger partial charge in [-0.15, -0.1) is 5.10 Å². The van der Waals surface area contributed by atoms with Crippen molar-refractivity contribution in [3.8, 4) is 0 Å². The second-order valence-corrected chi connectivity index (χ2v) is 3.37. The van der Waals surface area contributed by atoms with Gasteiger partial charge in [-0.3, -0.25) is 0 Å². The van der Waals surface area contributed by atoms with Crippen molar-refractivity contribution in [1.82, 2.24) is 10.2 Å². The van der Waals surface area contributed by atoms with E-state index in [9.17, 15) is 17.6 Å². The van der Waals surface area contributed by atoms with Crippen LogP contribution in [0.4, 0.5) is 17.6 Å². The van der Waals surface area contributed by atoms with Gasteiger partial charge in [0, 0.05) is 5.39 Å².